The molecule has 0 bridgehead atoms. The Labute approximate surface area is 186 Å². The fourth-order valence-corrected chi connectivity index (χ4v) is 8.69. The van der Waals surface area contributed by atoms with E-state index in [0.29, 0.717) is 28.6 Å². The van der Waals surface area contributed by atoms with Crippen LogP contribution in [0.3, 0.4) is 0 Å². The van der Waals surface area contributed by atoms with Crippen molar-refractivity contribution < 1.29 is 5.11 Å². The SMILES string of the molecule is CC(=CC[C@@H](C)[C@H]1CC[C@H]2C3=CC[C@H]4C(C)[C@@H](O)CC[C@]4(C)[C@H]3CC[C@]12C)C(C)C. The summed E-state index contributed by atoms with van der Waals surface area (Å²) in [6, 6.07) is 0. The molecule has 4 rings (SSSR count). The largest absolute Gasteiger partial charge is 0.393 e. The smallest absolute Gasteiger partial charge is 0.0568 e. The second kappa shape index (κ2) is 8.09. The van der Waals surface area contributed by atoms with E-state index in [1.54, 1.807) is 5.57 Å². The summed E-state index contributed by atoms with van der Waals surface area (Å²) in [4.78, 5) is 0. The van der Waals surface area contributed by atoms with E-state index < -0.39 is 0 Å². The van der Waals surface area contributed by atoms with Gasteiger partial charge in [-0.05, 0) is 111 Å². The third-order valence-corrected chi connectivity index (χ3v) is 11.1. The number of allylic oxidation sites excluding steroid dienone is 4. The summed E-state index contributed by atoms with van der Waals surface area (Å²) in [5.41, 5.74) is 4.34. The van der Waals surface area contributed by atoms with E-state index in [1.807, 2.05) is 5.57 Å². The second-order valence-electron chi connectivity index (χ2n) is 12.7. The Bertz CT molecular complexity index is 701. The highest BCUT2D eigenvalue weighted by molar-refractivity contribution is 5.28. The van der Waals surface area contributed by atoms with E-state index in [1.165, 1.54) is 44.9 Å². The van der Waals surface area contributed by atoms with Gasteiger partial charge >= 0.3 is 0 Å². The summed E-state index contributed by atoms with van der Waals surface area (Å²) in [5, 5.41) is 10.5. The Morgan fingerprint density at radius 2 is 1.73 bits per heavy atom. The first kappa shape index (κ1) is 22.6. The van der Waals surface area contributed by atoms with Crippen LogP contribution in [0.1, 0.15) is 99.8 Å². The van der Waals surface area contributed by atoms with Gasteiger partial charge in [-0.1, -0.05) is 64.8 Å². The van der Waals surface area contributed by atoms with Gasteiger partial charge in [0.25, 0.3) is 0 Å². The van der Waals surface area contributed by atoms with Crippen molar-refractivity contribution in [3.63, 3.8) is 0 Å². The van der Waals surface area contributed by atoms with E-state index >= 15 is 0 Å². The third kappa shape index (κ3) is 3.46. The maximum atomic E-state index is 10.5. The Hall–Kier alpha value is -0.560. The highest BCUT2D eigenvalue weighted by Crippen LogP contribution is 2.67. The van der Waals surface area contributed by atoms with Gasteiger partial charge in [0.1, 0.15) is 0 Å². The van der Waals surface area contributed by atoms with Crippen LogP contribution in [-0.2, 0) is 0 Å². The van der Waals surface area contributed by atoms with E-state index in [0.717, 1.165) is 30.1 Å². The lowest BCUT2D eigenvalue weighted by molar-refractivity contribution is -0.0772. The van der Waals surface area contributed by atoms with Gasteiger partial charge in [-0.25, -0.2) is 0 Å². The average molecular weight is 413 g/mol. The Balaban J connectivity index is 1.55. The Morgan fingerprint density at radius 3 is 2.43 bits per heavy atom. The van der Waals surface area contributed by atoms with Crippen molar-refractivity contribution in [3.8, 4) is 0 Å². The zero-order valence-electron chi connectivity index (χ0n) is 20.9. The zero-order valence-corrected chi connectivity index (χ0v) is 20.9. The van der Waals surface area contributed by atoms with Crippen LogP contribution in [0.5, 0.6) is 0 Å². The lowest BCUT2D eigenvalue weighted by Gasteiger charge is -2.59. The molecule has 9 atom stereocenters. The molecule has 0 aromatic rings. The fourth-order valence-electron chi connectivity index (χ4n) is 8.69. The quantitative estimate of drug-likeness (QED) is 0.467. The van der Waals surface area contributed by atoms with Crippen molar-refractivity contribution in [1.82, 2.24) is 0 Å². The molecule has 170 valence electrons. The Morgan fingerprint density at radius 1 is 1.07 bits per heavy atom. The molecule has 0 saturated heterocycles. The normalized spacial score (nSPS) is 47.4. The molecule has 3 saturated carbocycles. The molecule has 3 fully saturated rings. The maximum absolute atomic E-state index is 10.5. The van der Waals surface area contributed by atoms with Crippen LogP contribution in [0.4, 0.5) is 0 Å². The molecule has 0 aliphatic heterocycles. The number of hydrogen-bond donors (Lipinski definition) is 1. The molecule has 30 heavy (non-hydrogen) atoms. The topological polar surface area (TPSA) is 20.2 Å². The average Bonchev–Trinajstić information content (AvgIpc) is 3.06. The van der Waals surface area contributed by atoms with Crippen LogP contribution in [0.15, 0.2) is 23.3 Å². The predicted octanol–water partition coefficient (Wildman–Crippen LogP) is 7.80. The van der Waals surface area contributed by atoms with E-state index in [4.69, 9.17) is 0 Å². The lowest BCUT2D eigenvalue weighted by Crippen LogP contribution is -2.52. The number of rotatable bonds is 4. The third-order valence-electron chi connectivity index (χ3n) is 11.1. The summed E-state index contributed by atoms with van der Waals surface area (Å²) < 4.78 is 0. The molecular formula is C29H48O. The molecule has 0 spiro atoms. The molecule has 1 heteroatoms. The van der Waals surface area contributed by atoms with Crippen LogP contribution < -0.4 is 0 Å². The van der Waals surface area contributed by atoms with Crippen LogP contribution >= 0.6 is 0 Å². The van der Waals surface area contributed by atoms with E-state index in [9.17, 15) is 5.11 Å². The van der Waals surface area contributed by atoms with Crippen molar-refractivity contribution in [2.75, 3.05) is 0 Å². The molecule has 1 N–H and O–H groups in total. The number of aliphatic hydroxyl groups excluding tert-OH is 1. The van der Waals surface area contributed by atoms with Crippen LogP contribution in [0, 0.1) is 52.3 Å². The number of aliphatic hydroxyl groups is 1. The van der Waals surface area contributed by atoms with Crippen molar-refractivity contribution in [2.45, 2.75) is 106 Å². The minimum absolute atomic E-state index is 0.0778. The molecular weight excluding hydrogens is 364 g/mol. The van der Waals surface area contributed by atoms with Crippen LogP contribution in [0.25, 0.3) is 0 Å². The van der Waals surface area contributed by atoms with Gasteiger partial charge in [0.15, 0.2) is 0 Å². The minimum Gasteiger partial charge on any atom is -0.393 e. The molecule has 0 radical (unpaired) electrons. The second-order valence-corrected chi connectivity index (χ2v) is 12.7. The maximum Gasteiger partial charge on any atom is 0.0568 e. The summed E-state index contributed by atoms with van der Waals surface area (Å²) >= 11 is 0. The molecule has 4 aliphatic rings. The summed E-state index contributed by atoms with van der Waals surface area (Å²) in [6.45, 7) is 17.1. The van der Waals surface area contributed by atoms with E-state index in [2.05, 4.69) is 60.6 Å². The lowest BCUT2D eigenvalue weighted by atomic mass is 9.46. The molecule has 1 unspecified atom stereocenters. The minimum atomic E-state index is -0.0778. The molecule has 0 amide bonds. The monoisotopic (exact) mass is 412 g/mol. The zero-order chi connectivity index (χ0) is 21.8. The molecule has 0 aromatic carbocycles. The van der Waals surface area contributed by atoms with Gasteiger partial charge in [-0.15, -0.1) is 0 Å². The first-order valence-corrected chi connectivity index (χ1v) is 13.1. The number of fused-ring (bicyclic) bond motifs is 5. The Kier molecular flexibility index (Phi) is 6.10. The van der Waals surface area contributed by atoms with Gasteiger partial charge in [-0.3, -0.25) is 0 Å². The van der Waals surface area contributed by atoms with Gasteiger partial charge < -0.3 is 5.11 Å². The number of hydrogen-bond acceptors (Lipinski definition) is 1. The fraction of sp³-hybridized carbons (Fsp3) is 0.862. The van der Waals surface area contributed by atoms with Crippen molar-refractivity contribution in [2.24, 2.45) is 52.3 Å². The highest BCUT2D eigenvalue weighted by atomic mass is 16.3. The molecule has 1 nitrogen and oxygen atoms in total. The summed E-state index contributed by atoms with van der Waals surface area (Å²) in [6.07, 6.45) is 15.5. The van der Waals surface area contributed by atoms with Crippen molar-refractivity contribution in [1.29, 1.82) is 0 Å². The van der Waals surface area contributed by atoms with Gasteiger partial charge in [0.2, 0.25) is 0 Å². The molecule has 0 heterocycles. The van der Waals surface area contributed by atoms with Crippen molar-refractivity contribution in [3.05, 3.63) is 23.3 Å². The van der Waals surface area contributed by atoms with Gasteiger partial charge in [-0.2, -0.15) is 0 Å². The predicted molar refractivity (Wildman–Crippen MR) is 128 cm³/mol. The van der Waals surface area contributed by atoms with Gasteiger partial charge in [0, 0.05) is 0 Å². The van der Waals surface area contributed by atoms with Crippen molar-refractivity contribution >= 4 is 0 Å². The standard InChI is InChI=1S/C29H48O/c1-18(2)19(3)8-9-20(4)23-12-13-25-22-10-11-24-21(5)27(30)15-17-29(24,7)26(22)14-16-28(23,25)6/h8,10,18,20-21,23-27,30H,9,11-17H2,1-7H3/t20-,21?,23-,24+,25+,26+,27+,28-,29+/m1/s1. The first-order valence-electron chi connectivity index (χ1n) is 13.1. The van der Waals surface area contributed by atoms with E-state index in [-0.39, 0.29) is 6.10 Å². The van der Waals surface area contributed by atoms with Crippen LogP contribution in [-0.4, -0.2) is 11.2 Å². The first-order chi connectivity index (χ1) is 14.1. The summed E-state index contributed by atoms with van der Waals surface area (Å²) in [7, 11) is 0. The van der Waals surface area contributed by atoms with Gasteiger partial charge in [0.05, 0.1) is 6.10 Å². The highest BCUT2D eigenvalue weighted by Gasteiger charge is 2.59. The van der Waals surface area contributed by atoms with Crippen LogP contribution in [0.2, 0.25) is 0 Å². The molecule has 4 aliphatic carbocycles. The summed E-state index contributed by atoms with van der Waals surface area (Å²) in [5.74, 6) is 5.08. The molecule has 0 aromatic heterocycles.